The molecule has 0 saturated heterocycles. The molecule has 4 rings (SSSR count). The predicted octanol–water partition coefficient (Wildman–Crippen LogP) is 6.09. The average molecular weight is 1060 g/mol. The maximum absolute atomic E-state index is 10.9. The van der Waals surface area contributed by atoms with E-state index in [1.54, 1.807) is 18.2 Å². The van der Waals surface area contributed by atoms with Gasteiger partial charge in [-0.2, -0.15) is 0 Å². The Kier molecular flexibility index (Phi) is 17.2. The van der Waals surface area contributed by atoms with Gasteiger partial charge in [0, 0.05) is 16.9 Å². The number of amides is 2. The second kappa shape index (κ2) is 17.3. The van der Waals surface area contributed by atoms with Gasteiger partial charge in [0.1, 0.15) is 6.29 Å². The second-order valence-corrected chi connectivity index (χ2v) is 53.0. The number of rotatable bonds is 2. The molecule has 0 aliphatic carbocycles. The zero-order valence-corrected chi connectivity index (χ0v) is 29.2. The van der Waals surface area contributed by atoms with E-state index in [1.807, 2.05) is 18.2 Å². The minimum atomic E-state index is -0.278. The zero-order chi connectivity index (χ0) is 23.4. The van der Waals surface area contributed by atoms with Gasteiger partial charge in [0.05, 0.1) is 19.4 Å². The van der Waals surface area contributed by atoms with E-state index in [1.165, 1.54) is 0 Å². The first-order chi connectivity index (χ1) is 14.7. The third kappa shape index (κ3) is 12.4. The summed E-state index contributed by atoms with van der Waals surface area (Å²) < 4.78 is 0. The number of aldehydes is 1. The molecule has 0 saturated carbocycles. The van der Waals surface area contributed by atoms with E-state index in [4.69, 9.17) is 5.11 Å². The Morgan fingerprint density at radius 3 is 1.84 bits per heavy atom. The predicted molar refractivity (Wildman–Crippen MR) is 159 cm³/mol. The van der Waals surface area contributed by atoms with Crippen molar-refractivity contribution in [3.8, 4) is 0 Å². The van der Waals surface area contributed by atoms with Gasteiger partial charge in [-0.1, -0.05) is 12.1 Å². The molecule has 2 heterocycles. The molecule has 2 aliphatic heterocycles. The summed E-state index contributed by atoms with van der Waals surface area (Å²) in [7, 11) is 0.628. The van der Waals surface area contributed by atoms with Crippen LogP contribution in [0, 0.1) is 0 Å². The Morgan fingerprint density at radius 1 is 0.935 bits per heavy atom. The molecule has 2 amide bonds. The van der Waals surface area contributed by atoms with Gasteiger partial charge in [-0.05, 0) is 41.0 Å². The molecular formula is C18H16I5N2O4V2. The van der Waals surface area contributed by atoms with Crippen LogP contribution in [0.3, 0.4) is 0 Å². The van der Waals surface area contributed by atoms with Gasteiger partial charge >= 0.3 is 114 Å². The maximum atomic E-state index is 10.9. The molecule has 0 radical (unpaired) electrons. The van der Waals surface area contributed by atoms with Crippen LogP contribution in [0.4, 0.5) is 11.4 Å². The van der Waals surface area contributed by atoms with Crippen LogP contribution in [-0.2, 0) is 43.4 Å². The molecule has 0 fully saturated rings. The summed E-state index contributed by atoms with van der Waals surface area (Å²) >= 11 is 12.1. The van der Waals surface area contributed by atoms with Crippen molar-refractivity contribution in [2.24, 2.45) is 0 Å². The van der Waals surface area contributed by atoms with Crippen LogP contribution in [0.15, 0.2) is 36.4 Å². The van der Waals surface area contributed by atoms with E-state index < -0.39 is 0 Å². The third-order valence-electron chi connectivity index (χ3n) is 3.87. The number of benzene rings is 2. The van der Waals surface area contributed by atoms with Crippen molar-refractivity contribution in [3.63, 3.8) is 0 Å². The van der Waals surface area contributed by atoms with E-state index in [0.717, 1.165) is 34.4 Å². The first kappa shape index (κ1) is 30.9. The number of aliphatic hydroxyl groups is 1. The van der Waals surface area contributed by atoms with Crippen molar-refractivity contribution in [1.82, 2.24) is 0 Å². The summed E-state index contributed by atoms with van der Waals surface area (Å²) in [5, 5.41) is 14.3. The van der Waals surface area contributed by atoms with Gasteiger partial charge in [-0.3, -0.25) is 14.4 Å². The number of nitrogens with one attached hydrogen (secondary N) is 2. The van der Waals surface area contributed by atoms with Gasteiger partial charge in [-0.25, -0.2) is 0 Å². The molecule has 167 valence electrons. The second-order valence-electron chi connectivity index (χ2n) is 5.89. The van der Waals surface area contributed by atoms with Crippen molar-refractivity contribution in [3.05, 3.63) is 58.7 Å². The molecule has 6 nitrogen and oxygen atoms in total. The van der Waals surface area contributed by atoms with Gasteiger partial charge in [0.15, 0.2) is 0 Å². The Balaban J connectivity index is 0.000000240. The number of carbonyl (C=O) groups excluding carboxylic acids is 3. The van der Waals surface area contributed by atoms with Crippen molar-refractivity contribution in [1.29, 1.82) is 0 Å². The van der Waals surface area contributed by atoms with Crippen LogP contribution < -0.4 is 10.6 Å². The van der Waals surface area contributed by atoms with Gasteiger partial charge in [0.2, 0.25) is 11.8 Å². The first-order valence-electron chi connectivity index (χ1n) is 8.34. The Bertz CT molecular complexity index is 916. The van der Waals surface area contributed by atoms with Crippen LogP contribution in [-0.4, -0.2) is 23.2 Å². The molecule has 2 aliphatic rings. The van der Waals surface area contributed by atoms with Gasteiger partial charge in [0.25, 0.3) is 0 Å². The molecule has 0 bridgehead atoms. The number of fused-ring (bicyclic) bond motifs is 2. The Morgan fingerprint density at radius 2 is 1.39 bits per heavy atom. The van der Waals surface area contributed by atoms with E-state index in [9.17, 15) is 14.4 Å². The van der Waals surface area contributed by atoms with Crippen molar-refractivity contribution >= 4 is 129 Å². The normalized spacial score (nSPS) is 12.5. The number of hydrogen-bond acceptors (Lipinski definition) is 4. The van der Waals surface area contributed by atoms with Crippen molar-refractivity contribution < 1.29 is 33.9 Å². The van der Waals surface area contributed by atoms with Gasteiger partial charge < -0.3 is 15.7 Å². The number of hydrogen-bond donors (Lipinski definition) is 3. The molecule has 0 atom stereocenters. The van der Waals surface area contributed by atoms with Gasteiger partial charge in [-0.15, -0.1) is 0 Å². The molecule has 3 N–H and O–H groups in total. The molecule has 2 aromatic carbocycles. The Hall–Kier alpha value is 1.83. The summed E-state index contributed by atoms with van der Waals surface area (Å²) in [6.45, 7) is 0.0292. The topological polar surface area (TPSA) is 95.5 Å². The quantitative estimate of drug-likeness (QED) is 0.251. The summed E-state index contributed by atoms with van der Waals surface area (Å²) in [5.41, 5.74) is 5.05. The summed E-state index contributed by atoms with van der Waals surface area (Å²) in [4.78, 5) is 31.9. The summed E-state index contributed by atoms with van der Waals surface area (Å²) in [6, 6.07) is 10.7. The fourth-order valence-electron chi connectivity index (χ4n) is 2.70. The van der Waals surface area contributed by atoms with E-state index in [2.05, 4.69) is 111 Å². The van der Waals surface area contributed by atoms with E-state index in [0.29, 0.717) is 27.9 Å². The van der Waals surface area contributed by atoms with Crippen LogP contribution in [0.25, 0.3) is 0 Å². The minimum absolute atomic E-state index is 0.00644. The number of anilines is 2. The van der Waals surface area contributed by atoms with Crippen LogP contribution >= 0.6 is 99.9 Å². The zero-order valence-electron chi connectivity index (χ0n) is 15.6. The monoisotopic (exact) mass is 1060 g/mol. The molecule has 2 aromatic rings. The molecule has 13 heteroatoms. The third-order valence-corrected chi connectivity index (χ3v) is 3.87. The van der Waals surface area contributed by atoms with Crippen LogP contribution in [0.1, 0.15) is 27.0 Å². The molecule has 0 aromatic heterocycles. The first-order valence-corrected chi connectivity index (χ1v) is 30.9. The van der Waals surface area contributed by atoms with Crippen molar-refractivity contribution in [2.75, 3.05) is 10.6 Å². The van der Waals surface area contributed by atoms with E-state index in [-0.39, 0.29) is 23.3 Å². The van der Waals surface area contributed by atoms with Crippen LogP contribution in [0.2, 0.25) is 0 Å². The van der Waals surface area contributed by atoms with Crippen LogP contribution in [0.5, 0.6) is 0 Å². The SMILES string of the molecule is O=C1Cc2cc(CO)ccc2N1.O=Cc1ccc2c(c1)CC(=O)N2.[I][V]([I])[I].[I][V][I]. The fraction of sp³-hybridized carbons (Fsp3) is 0.167. The molecule has 31 heavy (non-hydrogen) atoms. The summed E-state index contributed by atoms with van der Waals surface area (Å²) in [6.07, 6.45) is 1.60. The van der Waals surface area contributed by atoms with E-state index >= 15 is 0 Å². The fourth-order valence-corrected chi connectivity index (χ4v) is 2.70. The Labute approximate surface area is 247 Å². The number of halogens is 5. The standard InChI is InChI=1S/C9H9NO2.C9H7NO2.5HI.2V/c2*11-5-6-1-2-8-7(3-6)4-9(12)10-8;;;;;;;/h1-3,11H,4-5H2,(H,10,12);1-3,5H,4H2,(H,10,12);5*1H;;/q;;;;;;;+2;+3/p-5. The number of carbonyl (C=O) groups is 3. The number of aliphatic hydroxyl groups excluding tert-OH is 1. The molecular weight excluding hydrogens is 1040 g/mol. The molecule has 0 unspecified atom stereocenters. The average Bonchev–Trinajstić information content (AvgIpc) is 3.27. The summed E-state index contributed by atoms with van der Waals surface area (Å²) in [5.74, 6) is 0.0214. The van der Waals surface area contributed by atoms with Crippen molar-refractivity contribution in [2.45, 2.75) is 19.4 Å². The molecule has 0 spiro atoms.